The van der Waals surface area contributed by atoms with Gasteiger partial charge in [0.15, 0.2) is 10.8 Å². The molecule has 162 valence electrons. The molecule has 1 fully saturated rings. The van der Waals surface area contributed by atoms with E-state index in [0.717, 1.165) is 54.7 Å². The van der Waals surface area contributed by atoms with E-state index in [-0.39, 0.29) is 17.3 Å². The Kier molecular flexibility index (Phi) is 6.63. The third kappa shape index (κ3) is 5.11. The normalized spacial score (nSPS) is 15.3. The largest absolute Gasteiger partial charge is 0.494 e. The maximum Gasteiger partial charge on any atom is 0.335 e. The van der Waals surface area contributed by atoms with Gasteiger partial charge in [-0.15, -0.1) is 11.3 Å². The van der Waals surface area contributed by atoms with Gasteiger partial charge < -0.3 is 14.7 Å². The number of hydrogen-bond acceptors (Lipinski definition) is 6. The van der Waals surface area contributed by atoms with E-state index in [4.69, 9.17) is 9.84 Å². The number of Topliss-reactive ketones (excluding diaryl/α,β-unsaturated/α-hetero) is 1. The summed E-state index contributed by atoms with van der Waals surface area (Å²) in [6.45, 7) is 5.36. The van der Waals surface area contributed by atoms with Crippen molar-refractivity contribution in [1.82, 2.24) is 9.88 Å². The van der Waals surface area contributed by atoms with Gasteiger partial charge in [0.1, 0.15) is 5.75 Å². The SMILES string of the molecule is Cc1cccc2sc(C(=O)C3CCN(CCCOc4ccc(C(=O)O)cc4)CC3)nc12. The summed E-state index contributed by atoms with van der Waals surface area (Å²) in [5.41, 5.74) is 2.32. The summed E-state index contributed by atoms with van der Waals surface area (Å²) in [6, 6.07) is 12.5. The lowest BCUT2D eigenvalue weighted by Gasteiger charge is -2.30. The number of ketones is 1. The zero-order valence-corrected chi connectivity index (χ0v) is 18.4. The summed E-state index contributed by atoms with van der Waals surface area (Å²) in [5, 5.41) is 9.57. The van der Waals surface area contributed by atoms with Crippen molar-refractivity contribution in [3.05, 3.63) is 58.6 Å². The molecule has 0 amide bonds. The molecule has 7 heteroatoms. The topological polar surface area (TPSA) is 79.7 Å². The van der Waals surface area contributed by atoms with E-state index >= 15 is 0 Å². The second-order valence-corrected chi connectivity index (χ2v) is 8.98. The van der Waals surface area contributed by atoms with Crippen LogP contribution in [0.1, 0.15) is 45.0 Å². The van der Waals surface area contributed by atoms with Crippen LogP contribution in [-0.4, -0.2) is 53.0 Å². The van der Waals surface area contributed by atoms with Crippen molar-refractivity contribution >= 4 is 33.3 Å². The van der Waals surface area contributed by atoms with Gasteiger partial charge in [0.05, 0.1) is 22.4 Å². The Morgan fingerprint density at radius 2 is 1.90 bits per heavy atom. The molecule has 0 unspecified atom stereocenters. The van der Waals surface area contributed by atoms with Crippen LogP contribution in [0.25, 0.3) is 10.2 Å². The molecule has 2 heterocycles. The van der Waals surface area contributed by atoms with Crippen LogP contribution in [0.15, 0.2) is 42.5 Å². The smallest absolute Gasteiger partial charge is 0.335 e. The molecule has 0 radical (unpaired) electrons. The summed E-state index contributed by atoms with van der Waals surface area (Å²) in [6.07, 6.45) is 2.62. The van der Waals surface area contributed by atoms with Gasteiger partial charge >= 0.3 is 5.97 Å². The van der Waals surface area contributed by atoms with E-state index < -0.39 is 5.97 Å². The minimum Gasteiger partial charge on any atom is -0.494 e. The first-order chi connectivity index (χ1) is 15.0. The van der Waals surface area contributed by atoms with Crippen molar-refractivity contribution in [3.8, 4) is 5.75 Å². The van der Waals surface area contributed by atoms with Crippen molar-refractivity contribution in [2.24, 2.45) is 5.92 Å². The average Bonchev–Trinajstić information content (AvgIpc) is 3.23. The molecule has 0 spiro atoms. The molecule has 1 aromatic heterocycles. The molecule has 6 nitrogen and oxygen atoms in total. The number of carboxylic acids is 1. The predicted molar refractivity (Wildman–Crippen MR) is 121 cm³/mol. The minimum absolute atomic E-state index is 0.0566. The van der Waals surface area contributed by atoms with Crippen LogP contribution >= 0.6 is 11.3 Å². The van der Waals surface area contributed by atoms with Crippen LogP contribution in [-0.2, 0) is 0 Å². The molecule has 4 rings (SSSR count). The molecule has 1 aliphatic rings. The van der Waals surface area contributed by atoms with Crippen LogP contribution < -0.4 is 4.74 Å². The highest BCUT2D eigenvalue weighted by molar-refractivity contribution is 7.20. The fourth-order valence-electron chi connectivity index (χ4n) is 3.96. The Bertz CT molecular complexity index is 1070. The van der Waals surface area contributed by atoms with E-state index in [2.05, 4.69) is 9.88 Å². The summed E-state index contributed by atoms with van der Waals surface area (Å²) in [7, 11) is 0. The molecule has 0 saturated carbocycles. The molecule has 0 atom stereocenters. The number of ether oxygens (including phenoxy) is 1. The molecule has 0 aliphatic carbocycles. The van der Waals surface area contributed by atoms with Gasteiger partial charge in [-0.2, -0.15) is 0 Å². The third-order valence-electron chi connectivity index (χ3n) is 5.78. The third-order valence-corrected chi connectivity index (χ3v) is 6.81. The highest BCUT2D eigenvalue weighted by atomic mass is 32.1. The number of aryl methyl sites for hydroxylation is 1. The van der Waals surface area contributed by atoms with Crippen LogP contribution in [0, 0.1) is 12.8 Å². The van der Waals surface area contributed by atoms with E-state index in [1.54, 1.807) is 24.3 Å². The molecule has 31 heavy (non-hydrogen) atoms. The van der Waals surface area contributed by atoms with Gasteiger partial charge in [0.25, 0.3) is 0 Å². The highest BCUT2D eigenvalue weighted by Crippen LogP contribution is 2.29. The first kappa shape index (κ1) is 21.5. The fraction of sp³-hybridized carbons (Fsp3) is 0.375. The molecular formula is C24H26N2O4S. The van der Waals surface area contributed by atoms with Gasteiger partial charge in [-0.05, 0) is 75.2 Å². The Morgan fingerprint density at radius 3 is 2.58 bits per heavy atom. The number of rotatable bonds is 8. The van der Waals surface area contributed by atoms with E-state index in [0.29, 0.717) is 17.4 Å². The maximum absolute atomic E-state index is 12.9. The van der Waals surface area contributed by atoms with Gasteiger partial charge in [0.2, 0.25) is 0 Å². The quantitative estimate of drug-likeness (QED) is 0.407. The monoisotopic (exact) mass is 438 g/mol. The van der Waals surface area contributed by atoms with Crippen LogP contribution in [0.3, 0.4) is 0 Å². The number of aromatic carboxylic acids is 1. The average molecular weight is 439 g/mol. The second-order valence-electron chi connectivity index (χ2n) is 7.95. The molecule has 0 bridgehead atoms. The van der Waals surface area contributed by atoms with Gasteiger partial charge in [0, 0.05) is 12.5 Å². The van der Waals surface area contributed by atoms with Crippen LogP contribution in [0.4, 0.5) is 0 Å². The Morgan fingerprint density at radius 1 is 1.16 bits per heavy atom. The number of likely N-dealkylation sites (tertiary alicyclic amines) is 1. The molecule has 1 saturated heterocycles. The zero-order valence-electron chi connectivity index (χ0n) is 17.5. The fourth-order valence-corrected chi connectivity index (χ4v) is 5.02. The molecule has 1 N–H and O–H groups in total. The maximum atomic E-state index is 12.9. The minimum atomic E-state index is -0.938. The number of carbonyl (C=O) groups excluding carboxylic acids is 1. The molecule has 2 aromatic carbocycles. The number of fused-ring (bicyclic) bond motifs is 1. The van der Waals surface area contributed by atoms with Crippen molar-refractivity contribution in [3.63, 3.8) is 0 Å². The first-order valence-corrected chi connectivity index (χ1v) is 11.4. The van der Waals surface area contributed by atoms with Gasteiger partial charge in [-0.1, -0.05) is 12.1 Å². The molecule has 1 aliphatic heterocycles. The van der Waals surface area contributed by atoms with Crippen LogP contribution in [0.2, 0.25) is 0 Å². The lowest BCUT2D eigenvalue weighted by molar-refractivity contribution is 0.0696. The van der Waals surface area contributed by atoms with Crippen molar-refractivity contribution in [1.29, 1.82) is 0 Å². The summed E-state index contributed by atoms with van der Waals surface area (Å²) < 4.78 is 6.79. The Hall–Kier alpha value is -2.77. The molecule has 3 aromatic rings. The number of piperidine rings is 1. The summed E-state index contributed by atoms with van der Waals surface area (Å²) in [4.78, 5) is 30.8. The molecular weight excluding hydrogens is 412 g/mol. The van der Waals surface area contributed by atoms with E-state index in [9.17, 15) is 9.59 Å². The Labute approximate surface area is 185 Å². The number of benzene rings is 2. The number of carboxylic acid groups (broad SMARTS) is 1. The summed E-state index contributed by atoms with van der Waals surface area (Å²) in [5.74, 6) is -0.0124. The number of carbonyl (C=O) groups is 2. The first-order valence-electron chi connectivity index (χ1n) is 10.6. The number of hydrogen-bond donors (Lipinski definition) is 1. The van der Waals surface area contributed by atoms with E-state index in [1.807, 2.05) is 25.1 Å². The van der Waals surface area contributed by atoms with Gasteiger partial charge in [-0.3, -0.25) is 4.79 Å². The predicted octanol–water partition coefficient (Wildman–Crippen LogP) is 4.67. The lowest BCUT2D eigenvalue weighted by atomic mass is 9.92. The number of para-hydroxylation sites is 1. The zero-order chi connectivity index (χ0) is 21.8. The standard InChI is InChI=1S/C24H26N2O4S/c1-16-4-2-5-20-21(16)25-23(31-20)22(27)17-10-13-26(14-11-17)12-3-15-30-19-8-6-18(7-9-19)24(28)29/h2,4-9,17H,3,10-15H2,1H3,(H,28,29). The van der Waals surface area contributed by atoms with Gasteiger partial charge in [-0.25, -0.2) is 9.78 Å². The Balaban J connectivity index is 1.21. The van der Waals surface area contributed by atoms with Crippen molar-refractivity contribution < 1.29 is 19.4 Å². The van der Waals surface area contributed by atoms with Crippen LogP contribution in [0.5, 0.6) is 5.75 Å². The number of thiazole rings is 1. The number of nitrogens with zero attached hydrogens (tertiary/aromatic N) is 2. The lowest BCUT2D eigenvalue weighted by Crippen LogP contribution is -2.37. The summed E-state index contributed by atoms with van der Waals surface area (Å²) >= 11 is 1.51. The van der Waals surface area contributed by atoms with Crippen molar-refractivity contribution in [2.45, 2.75) is 26.2 Å². The highest BCUT2D eigenvalue weighted by Gasteiger charge is 2.27. The second kappa shape index (κ2) is 9.58. The van der Waals surface area contributed by atoms with Crippen molar-refractivity contribution in [2.75, 3.05) is 26.2 Å². The van der Waals surface area contributed by atoms with E-state index in [1.165, 1.54) is 11.3 Å². The number of aromatic nitrogens is 1.